The third-order valence-corrected chi connectivity index (χ3v) is 5.15. The van der Waals surface area contributed by atoms with Crippen molar-refractivity contribution in [2.75, 3.05) is 5.75 Å². The van der Waals surface area contributed by atoms with Gasteiger partial charge in [-0.15, -0.1) is 0 Å². The van der Waals surface area contributed by atoms with E-state index in [2.05, 4.69) is 4.99 Å². The van der Waals surface area contributed by atoms with Gasteiger partial charge in [-0.05, 0) is 26.8 Å². The highest BCUT2D eigenvalue weighted by Crippen LogP contribution is 2.43. The van der Waals surface area contributed by atoms with Crippen LogP contribution in [0, 0.1) is 10.1 Å². The molecule has 8 nitrogen and oxygen atoms in total. The molecule has 1 aromatic carbocycles. The number of nitrogens with zero attached hydrogens (tertiary/aromatic N) is 3. The molecule has 1 fully saturated rings. The van der Waals surface area contributed by atoms with E-state index in [4.69, 9.17) is 4.74 Å². The number of nitro groups is 1. The monoisotopic (exact) mass is 389 g/mol. The highest BCUT2D eigenvalue weighted by molar-refractivity contribution is 8.14. The molecule has 1 aromatic rings. The van der Waals surface area contributed by atoms with Gasteiger partial charge in [-0.1, -0.05) is 23.9 Å². The SMILES string of the molecule is CC1=C(C(=O)OC(C)C)C(c2ccccc2[N+](=O)[O-])N2C(=O)CCSC2=N1. The maximum Gasteiger partial charge on any atom is 0.338 e. The van der Waals surface area contributed by atoms with Gasteiger partial charge in [-0.2, -0.15) is 0 Å². The molecule has 0 bridgehead atoms. The van der Waals surface area contributed by atoms with Gasteiger partial charge in [0.25, 0.3) is 5.69 Å². The molecular formula is C18H19N3O5S. The summed E-state index contributed by atoms with van der Waals surface area (Å²) >= 11 is 1.39. The normalized spacial score (nSPS) is 19.7. The summed E-state index contributed by atoms with van der Waals surface area (Å²) in [6.45, 7) is 5.09. The van der Waals surface area contributed by atoms with E-state index >= 15 is 0 Å². The van der Waals surface area contributed by atoms with Crippen LogP contribution < -0.4 is 0 Å². The molecule has 0 saturated carbocycles. The van der Waals surface area contributed by atoms with Gasteiger partial charge < -0.3 is 4.74 Å². The molecule has 0 N–H and O–H groups in total. The number of aliphatic imine (C=N–C) groups is 1. The fraction of sp³-hybridized carbons (Fsp3) is 0.389. The first-order valence-electron chi connectivity index (χ1n) is 8.50. The lowest BCUT2D eigenvalue weighted by atomic mass is 9.93. The zero-order chi connectivity index (χ0) is 19.7. The van der Waals surface area contributed by atoms with Crippen LogP contribution in [0.25, 0.3) is 0 Å². The molecule has 1 atom stereocenters. The average Bonchev–Trinajstić information content (AvgIpc) is 2.60. The van der Waals surface area contributed by atoms with Crippen LogP contribution in [0.5, 0.6) is 0 Å². The van der Waals surface area contributed by atoms with Crippen molar-refractivity contribution < 1.29 is 19.2 Å². The first-order chi connectivity index (χ1) is 12.8. The van der Waals surface area contributed by atoms with E-state index in [0.29, 0.717) is 16.6 Å². The predicted octanol–water partition coefficient (Wildman–Crippen LogP) is 3.20. The number of nitro benzene ring substituents is 1. The predicted molar refractivity (Wildman–Crippen MR) is 101 cm³/mol. The number of amides is 1. The number of carbonyl (C=O) groups is 2. The smallest absolute Gasteiger partial charge is 0.338 e. The number of ether oxygens (including phenoxy) is 1. The van der Waals surface area contributed by atoms with Crippen molar-refractivity contribution in [2.24, 2.45) is 4.99 Å². The Morgan fingerprint density at radius 1 is 1.41 bits per heavy atom. The molecule has 142 valence electrons. The summed E-state index contributed by atoms with van der Waals surface area (Å²) in [6, 6.07) is 5.19. The van der Waals surface area contributed by atoms with Crippen molar-refractivity contribution in [1.29, 1.82) is 0 Å². The van der Waals surface area contributed by atoms with Crippen LogP contribution in [0.3, 0.4) is 0 Å². The van der Waals surface area contributed by atoms with Crippen molar-refractivity contribution in [3.8, 4) is 0 Å². The molecular weight excluding hydrogens is 370 g/mol. The lowest BCUT2D eigenvalue weighted by molar-refractivity contribution is -0.385. The summed E-state index contributed by atoms with van der Waals surface area (Å²) in [6.07, 6.45) is -0.104. The minimum atomic E-state index is -0.939. The Kier molecular flexibility index (Phi) is 5.31. The zero-order valence-corrected chi connectivity index (χ0v) is 16.0. The van der Waals surface area contributed by atoms with Crippen LogP contribution >= 0.6 is 11.8 Å². The van der Waals surface area contributed by atoms with Gasteiger partial charge >= 0.3 is 5.97 Å². The average molecular weight is 389 g/mol. The summed E-state index contributed by atoms with van der Waals surface area (Å²) in [7, 11) is 0. The van der Waals surface area contributed by atoms with Gasteiger partial charge in [0.15, 0.2) is 5.17 Å². The fourth-order valence-electron chi connectivity index (χ4n) is 3.11. The zero-order valence-electron chi connectivity index (χ0n) is 15.2. The summed E-state index contributed by atoms with van der Waals surface area (Å²) in [5.74, 6) is -0.272. The van der Waals surface area contributed by atoms with Crippen LogP contribution in [-0.2, 0) is 14.3 Å². The van der Waals surface area contributed by atoms with E-state index in [0.717, 1.165) is 0 Å². The number of fused-ring (bicyclic) bond motifs is 1. The largest absolute Gasteiger partial charge is 0.459 e. The van der Waals surface area contributed by atoms with Crippen LogP contribution in [0.15, 0.2) is 40.5 Å². The molecule has 0 spiro atoms. The van der Waals surface area contributed by atoms with Crippen LogP contribution in [0.2, 0.25) is 0 Å². The number of para-hydroxylation sites is 1. The summed E-state index contributed by atoms with van der Waals surface area (Å²) < 4.78 is 5.35. The minimum Gasteiger partial charge on any atom is -0.459 e. The second kappa shape index (κ2) is 7.51. The molecule has 1 unspecified atom stereocenters. The number of rotatable bonds is 4. The molecule has 2 heterocycles. The van der Waals surface area contributed by atoms with Crippen molar-refractivity contribution in [2.45, 2.75) is 39.3 Å². The van der Waals surface area contributed by atoms with Crippen LogP contribution in [0.4, 0.5) is 5.69 Å². The summed E-state index contributed by atoms with van der Waals surface area (Å²) in [4.78, 5) is 42.3. The molecule has 2 aliphatic heterocycles. The Hall–Kier alpha value is -2.68. The molecule has 0 radical (unpaired) electrons. The maximum atomic E-state index is 12.8. The molecule has 27 heavy (non-hydrogen) atoms. The molecule has 0 aromatic heterocycles. The summed E-state index contributed by atoms with van der Waals surface area (Å²) in [5.41, 5.74) is 0.658. The number of esters is 1. The molecule has 1 amide bonds. The number of benzene rings is 1. The van der Waals surface area contributed by atoms with Crippen molar-refractivity contribution in [3.63, 3.8) is 0 Å². The van der Waals surface area contributed by atoms with Gasteiger partial charge in [0.1, 0.15) is 6.04 Å². The number of thioether (sulfide) groups is 1. The number of carbonyl (C=O) groups excluding carboxylic acids is 2. The first kappa shape index (κ1) is 19.1. The van der Waals surface area contributed by atoms with Gasteiger partial charge in [0.2, 0.25) is 5.91 Å². The third kappa shape index (κ3) is 3.59. The minimum absolute atomic E-state index is 0.151. The van der Waals surface area contributed by atoms with Crippen molar-refractivity contribution in [3.05, 3.63) is 51.2 Å². The van der Waals surface area contributed by atoms with Gasteiger partial charge in [0.05, 0.1) is 27.9 Å². The topological polar surface area (TPSA) is 102 Å². The number of allylic oxidation sites excluding steroid dienone is 1. The lowest BCUT2D eigenvalue weighted by Crippen LogP contribution is -2.46. The Balaban J connectivity index is 2.22. The third-order valence-electron chi connectivity index (χ3n) is 4.20. The van der Waals surface area contributed by atoms with E-state index in [9.17, 15) is 19.7 Å². The van der Waals surface area contributed by atoms with E-state index < -0.39 is 16.9 Å². The Bertz CT molecular complexity index is 878. The Morgan fingerprint density at radius 3 is 2.78 bits per heavy atom. The quantitative estimate of drug-likeness (QED) is 0.445. The second-order valence-electron chi connectivity index (χ2n) is 6.43. The first-order valence-corrected chi connectivity index (χ1v) is 9.48. The highest BCUT2D eigenvalue weighted by Gasteiger charge is 2.44. The lowest BCUT2D eigenvalue weighted by Gasteiger charge is -2.38. The molecule has 3 rings (SSSR count). The number of amidine groups is 1. The van der Waals surface area contributed by atoms with Crippen LogP contribution in [-0.4, -0.2) is 38.7 Å². The summed E-state index contributed by atoms with van der Waals surface area (Å²) in [5, 5.41) is 12.0. The standard InChI is InChI=1S/C18H19N3O5S/c1-10(2)26-17(23)15-11(3)19-18-20(14(22)8-9-27-18)16(15)12-6-4-5-7-13(12)21(24)25/h4-7,10,16H,8-9H2,1-3H3. The fourth-order valence-corrected chi connectivity index (χ4v) is 4.12. The van der Waals surface area contributed by atoms with E-state index in [1.54, 1.807) is 39.0 Å². The highest BCUT2D eigenvalue weighted by atomic mass is 32.2. The van der Waals surface area contributed by atoms with E-state index in [1.807, 2.05) is 0 Å². The number of hydrogen-bond acceptors (Lipinski definition) is 7. The molecule has 2 aliphatic rings. The van der Waals surface area contributed by atoms with E-state index in [1.165, 1.54) is 22.7 Å². The van der Waals surface area contributed by atoms with Crippen molar-refractivity contribution >= 4 is 34.5 Å². The Morgan fingerprint density at radius 2 is 2.11 bits per heavy atom. The van der Waals surface area contributed by atoms with Gasteiger partial charge in [-0.25, -0.2) is 9.79 Å². The second-order valence-corrected chi connectivity index (χ2v) is 7.49. The molecule has 0 aliphatic carbocycles. The van der Waals surface area contributed by atoms with Crippen molar-refractivity contribution in [1.82, 2.24) is 4.90 Å². The van der Waals surface area contributed by atoms with Gasteiger partial charge in [-0.3, -0.25) is 19.8 Å². The molecule has 1 saturated heterocycles. The Labute approximate surface area is 160 Å². The molecule has 9 heteroatoms. The number of hydrogen-bond donors (Lipinski definition) is 0. The maximum absolute atomic E-state index is 12.8. The van der Waals surface area contributed by atoms with E-state index in [-0.39, 0.29) is 35.3 Å². The van der Waals surface area contributed by atoms with Gasteiger partial charge in [0, 0.05) is 18.2 Å². The van der Waals surface area contributed by atoms with Crippen LogP contribution in [0.1, 0.15) is 38.8 Å².